The third kappa shape index (κ3) is 3.40. The Morgan fingerprint density at radius 2 is 2.05 bits per heavy atom. The van der Waals surface area contributed by atoms with E-state index in [4.69, 9.17) is 0 Å². The Kier molecular flexibility index (Phi) is 4.28. The van der Waals surface area contributed by atoms with Crippen molar-refractivity contribution in [1.29, 1.82) is 0 Å². The summed E-state index contributed by atoms with van der Waals surface area (Å²) < 4.78 is 13.7. The molecular formula is C14H17FN4. The van der Waals surface area contributed by atoms with Gasteiger partial charge in [0.15, 0.2) is 11.6 Å². The van der Waals surface area contributed by atoms with Crippen LogP contribution in [-0.2, 0) is 0 Å². The van der Waals surface area contributed by atoms with Crippen molar-refractivity contribution in [3.8, 4) is 0 Å². The molecule has 0 saturated heterocycles. The average molecular weight is 260 g/mol. The van der Waals surface area contributed by atoms with Gasteiger partial charge in [-0.2, -0.15) is 4.98 Å². The highest BCUT2D eigenvalue weighted by Gasteiger charge is 2.08. The Balaban J connectivity index is 2.21. The minimum absolute atomic E-state index is 0.183. The van der Waals surface area contributed by atoms with Gasteiger partial charge >= 0.3 is 0 Å². The lowest BCUT2D eigenvalue weighted by molar-refractivity contribution is 0.619. The first kappa shape index (κ1) is 13.3. The molecule has 1 aromatic heterocycles. The van der Waals surface area contributed by atoms with Crippen molar-refractivity contribution in [2.45, 2.75) is 20.3 Å². The topological polar surface area (TPSA) is 49.8 Å². The molecule has 4 nitrogen and oxygen atoms in total. The molecule has 0 spiro atoms. The van der Waals surface area contributed by atoms with Crippen molar-refractivity contribution in [2.75, 3.05) is 17.2 Å². The first-order chi connectivity index (χ1) is 9.20. The van der Waals surface area contributed by atoms with Crippen LogP contribution in [0.1, 0.15) is 18.9 Å². The number of nitrogens with zero attached hydrogens (tertiary/aromatic N) is 2. The summed E-state index contributed by atoms with van der Waals surface area (Å²) in [4.78, 5) is 8.04. The number of aryl methyl sites for hydroxylation is 1. The monoisotopic (exact) mass is 260 g/mol. The van der Waals surface area contributed by atoms with Crippen LogP contribution in [0.5, 0.6) is 0 Å². The summed E-state index contributed by atoms with van der Waals surface area (Å²) >= 11 is 0. The van der Waals surface area contributed by atoms with Gasteiger partial charge in [0.2, 0.25) is 5.95 Å². The van der Waals surface area contributed by atoms with E-state index in [1.54, 1.807) is 0 Å². The van der Waals surface area contributed by atoms with Gasteiger partial charge in [-0.1, -0.05) is 25.1 Å². The van der Waals surface area contributed by atoms with Gasteiger partial charge in [-0.15, -0.1) is 0 Å². The molecule has 2 rings (SSSR count). The number of para-hydroxylation sites is 1. The van der Waals surface area contributed by atoms with Gasteiger partial charge in [0.1, 0.15) is 0 Å². The van der Waals surface area contributed by atoms with Gasteiger partial charge in [-0.25, -0.2) is 9.37 Å². The van der Waals surface area contributed by atoms with Crippen LogP contribution < -0.4 is 10.6 Å². The van der Waals surface area contributed by atoms with E-state index in [1.165, 1.54) is 6.20 Å². The Morgan fingerprint density at radius 3 is 2.79 bits per heavy atom. The summed E-state index contributed by atoms with van der Waals surface area (Å²) in [5.74, 6) is 0.146. The molecule has 1 aromatic carbocycles. The predicted octanol–water partition coefficient (Wildman–Crippen LogP) is 3.49. The molecule has 0 aliphatic heterocycles. The molecule has 0 atom stereocenters. The second kappa shape index (κ2) is 6.13. The molecule has 5 heteroatoms. The summed E-state index contributed by atoms with van der Waals surface area (Å²) in [5, 5.41) is 6.02. The summed E-state index contributed by atoms with van der Waals surface area (Å²) in [5.41, 5.74) is 1.87. The summed E-state index contributed by atoms with van der Waals surface area (Å²) in [6.45, 7) is 4.76. The zero-order chi connectivity index (χ0) is 13.7. The Morgan fingerprint density at radius 1 is 1.26 bits per heavy atom. The quantitative estimate of drug-likeness (QED) is 0.864. The van der Waals surface area contributed by atoms with Crippen molar-refractivity contribution >= 4 is 17.5 Å². The van der Waals surface area contributed by atoms with E-state index in [9.17, 15) is 4.39 Å². The van der Waals surface area contributed by atoms with Gasteiger partial charge in [0, 0.05) is 12.2 Å². The van der Waals surface area contributed by atoms with Crippen LogP contribution in [0.3, 0.4) is 0 Å². The van der Waals surface area contributed by atoms with E-state index >= 15 is 0 Å². The fraction of sp³-hybridized carbons (Fsp3) is 0.286. The zero-order valence-electron chi connectivity index (χ0n) is 11.1. The summed E-state index contributed by atoms with van der Waals surface area (Å²) in [6, 6.07) is 7.67. The standard InChI is InChI=1S/C14H17FN4/c1-3-8-16-14-17-9-11(15)13(19-14)18-12-7-5-4-6-10(12)2/h4-7,9H,3,8H2,1-2H3,(H2,16,17,18,19). The van der Waals surface area contributed by atoms with E-state index in [0.29, 0.717) is 5.95 Å². The third-order valence-electron chi connectivity index (χ3n) is 2.68. The number of anilines is 3. The Hall–Kier alpha value is -2.17. The lowest BCUT2D eigenvalue weighted by Crippen LogP contribution is -2.07. The molecule has 0 radical (unpaired) electrons. The number of rotatable bonds is 5. The maximum Gasteiger partial charge on any atom is 0.224 e. The first-order valence-electron chi connectivity index (χ1n) is 6.29. The van der Waals surface area contributed by atoms with Gasteiger partial charge in [-0.05, 0) is 25.0 Å². The van der Waals surface area contributed by atoms with E-state index in [2.05, 4.69) is 20.6 Å². The van der Waals surface area contributed by atoms with Gasteiger partial charge in [-0.3, -0.25) is 0 Å². The van der Waals surface area contributed by atoms with Crippen molar-refractivity contribution in [2.24, 2.45) is 0 Å². The molecule has 0 amide bonds. The third-order valence-corrected chi connectivity index (χ3v) is 2.68. The molecule has 0 bridgehead atoms. The molecule has 0 fully saturated rings. The molecule has 2 N–H and O–H groups in total. The number of halogens is 1. The highest BCUT2D eigenvalue weighted by molar-refractivity contribution is 5.61. The second-order valence-electron chi connectivity index (χ2n) is 4.26. The summed E-state index contributed by atoms with van der Waals surface area (Å²) in [6.07, 6.45) is 2.13. The fourth-order valence-corrected chi connectivity index (χ4v) is 1.62. The molecule has 0 aliphatic carbocycles. The number of aromatic nitrogens is 2. The largest absolute Gasteiger partial charge is 0.354 e. The van der Waals surface area contributed by atoms with Crippen molar-refractivity contribution in [1.82, 2.24) is 9.97 Å². The molecule has 100 valence electrons. The number of benzene rings is 1. The number of nitrogens with one attached hydrogen (secondary N) is 2. The van der Waals surface area contributed by atoms with E-state index < -0.39 is 5.82 Å². The average Bonchev–Trinajstić information content (AvgIpc) is 2.42. The molecule has 0 unspecified atom stereocenters. The van der Waals surface area contributed by atoms with Gasteiger partial charge in [0.05, 0.1) is 6.20 Å². The summed E-state index contributed by atoms with van der Waals surface area (Å²) in [7, 11) is 0. The predicted molar refractivity (Wildman–Crippen MR) is 75.2 cm³/mol. The Labute approximate surface area is 112 Å². The Bertz CT molecular complexity index is 557. The maximum atomic E-state index is 13.7. The van der Waals surface area contributed by atoms with Crippen LogP contribution in [0.2, 0.25) is 0 Å². The lowest BCUT2D eigenvalue weighted by atomic mass is 10.2. The van der Waals surface area contributed by atoms with Crippen LogP contribution in [0.4, 0.5) is 21.8 Å². The molecule has 0 saturated carbocycles. The number of hydrogen-bond acceptors (Lipinski definition) is 4. The fourth-order valence-electron chi connectivity index (χ4n) is 1.62. The second-order valence-corrected chi connectivity index (χ2v) is 4.26. The van der Waals surface area contributed by atoms with Crippen molar-refractivity contribution in [3.63, 3.8) is 0 Å². The smallest absolute Gasteiger partial charge is 0.224 e. The van der Waals surface area contributed by atoms with Crippen LogP contribution >= 0.6 is 0 Å². The molecule has 19 heavy (non-hydrogen) atoms. The van der Waals surface area contributed by atoms with E-state index in [-0.39, 0.29) is 5.82 Å². The zero-order valence-corrected chi connectivity index (χ0v) is 11.1. The van der Waals surface area contributed by atoms with Gasteiger partial charge < -0.3 is 10.6 Å². The molecule has 0 aliphatic rings. The number of hydrogen-bond donors (Lipinski definition) is 2. The molecule has 1 heterocycles. The van der Waals surface area contributed by atoms with E-state index in [0.717, 1.165) is 24.2 Å². The van der Waals surface area contributed by atoms with Gasteiger partial charge in [0.25, 0.3) is 0 Å². The van der Waals surface area contributed by atoms with Crippen molar-refractivity contribution in [3.05, 3.63) is 41.8 Å². The van der Waals surface area contributed by atoms with Crippen LogP contribution in [0.15, 0.2) is 30.5 Å². The minimum atomic E-state index is -0.467. The first-order valence-corrected chi connectivity index (χ1v) is 6.29. The minimum Gasteiger partial charge on any atom is -0.354 e. The molecule has 2 aromatic rings. The maximum absolute atomic E-state index is 13.7. The van der Waals surface area contributed by atoms with Crippen LogP contribution in [0.25, 0.3) is 0 Å². The van der Waals surface area contributed by atoms with E-state index in [1.807, 2.05) is 38.1 Å². The molecular weight excluding hydrogens is 243 g/mol. The van der Waals surface area contributed by atoms with Crippen LogP contribution in [-0.4, -0.2) is 16.5 Å². The highest BCUT2D eigenvalue weighted by atomic mass is 19.1. The van der Waals surface area contributed by atoms with Crippen LogP contribution in [0, 0.1) is 12.7 Å². The SMILES string of the molecule is CCCNc1ncc(F)c(Nc2ccccc2C)n1. The van der Waals surface area contributed by atoms with Crippen molar-refractivity contribution < 1.29 is 4.39 Å². The normalized spacial score (nSPS) is 10.3. The lowest BCUT2D eigenvalue weighted by Gasteiger charge is -2.10. The highest BCUT2D eigenvalue weighted by Crippen LogP contribution is 2.21.